The quantitative estimate of drug-likeness (QED) is 0.576. The number of carbonyl (C=O) groups is 1. The van der Waals surface area contributed by atoms with Gasteiger partial charge in [-0.05, 0) is 38.7 Å². The lowest BCUT2D eigenvalue weighted by atomic mass is 9.79. The normalized spacial score (nSPS) is 34.5. The minimum atomic E-state index is -0.758. The second-order valence-corrected chi connectivity index (χ2v) is 4.17. The Bertz CT molecular complexity index is 311. The first-order valence-corrected chi connectivity index (χ1v) is 5.16. The maximum Gasteiger partial charge on any atom is 0.309 e. The first kappa shape index (κ1) is 10.3. The van der Waals surface area contributed by atoms with Crippen molar-refractivity contribution >= 4 is 5.97 Å². The van der Waals surface area contributed by atoms with Gasteiger partial charge in [0.15, 0.2) is 0 Å². The van der Waals surface area contributed by atoms with Gasteiger partial charge in [0.1, 0.15) is 7.47 Å². The molecule has 0 aromatic carbocycles. The molecule has 0 unspecified atom stereocenters. The summed E-state index contributed by atoms with van der Waals surface area (Å²) in [7, 11) is 0. The molecule has 0 aromatic rings. The van der Waals surface area contributed by atoms with Gasteiger partial charge in [-0.2, -0.15) is 0 Å². The fourth-order valence-corrected chi connectivity index (χ4v) is 1.75. The molecule has 1 aliphatic rings. The van der Waals surface area contributed by atoms with Crippen LogP contribution in [-0.4, -0.2) is 17.2 Å². The summed E-state index contributed by atoms with van der Waals surface area (Å²) in [5.41, 5.74) is -0.685. The van der Waals surface area contributed by atoms with Crippen molar-refractivity contribution in [2.75, 3.05) is 0 Å². The third-order valence-corrected chi connectivity index (χ3v) is 2.95. The van der Waals surface area contributed by atoms with Gasteiger partial charge in [-0.3, -0.25) is 4.79 Å². The molecule has 1 rings (SSSR count). The first-order chi connectivity index (χ1) is 7.44. The zero-order chi connectivity index (χ0) is 12.2. The molecular weight excluding hydrogens is 192 g/mol. The van der Waals surface area contributed by atoms with Gasteiger partial charge < -0.3 is 9.84 Å². The zero-order valence-corrected chi connectivity index (χ0v) is 9.03. The maximum absolute atomic E-state index is 11.2. The van der Waals surface area contributed by atoms with Crippen LogP contribution < -0.4 is 0 Å². The minimum Gasteiger partial charge on any atom is -0.495 e. The number of hydrogen-bond acceptors (Lipinski definition) is 2. The number of carboxylic acids is 1. The number of rotatable bonds is 3. The topological polar surface area (TPSA) is 46.5 Å². The smallest absolute Gasteiger partial charge is 0.309 e. The SMILES string of the molecule is [2H]C(=C)O[C@@H]1/C=C/CC[C@](C)(C(=O)O)CC1. The highest BCUT2D eigenvalue weighted by Gasteiger charge is 2.33. The predicted molar refractivity (Wildman–Crippen MR) is 58.4 cm³/mol. The summed E-state index contributed by atoms with van der Waals surface area (Å²) in [6.07, 6.45) is 6.06. The van der Waals surface area contributed by atoms with E-state index in [0.717, 1.165) is 6.42 Å². The molecule has 0 fully saturated rings. The van der Waals surface area contributed by atoms with Crippen molar-refractivity contribution in [2.45, 2.75) is 38.7 Å². The highest BCUT2D eigenvalue weighted by Crippen LogP contribution is 2.32. The Morgan fingerprint density at radius 3 is 3.13 bits per heavy atom. The summed E-state index contributed by atoms with van der Waals surface area (Å²) in [5.74, 6) is -0.758. The van der Waals surface area contributed by atoms with Crippen molar-refractivity contribution in [1.29, 1.82) is 0 Å². The molecule has 2 atom stereocenters. The van der Waals surface area contributed by atoms with E-state index in [1.165, 1.54) is 0 Å². The second kappa shape index (κ2) is 5.01. The Morgan fingerprint density at radius 2 is 2.53 bits per heavy atom. The molecule has 3 nitrogen and oxygen atoms in total. The standard InChI is InChI=1S/C12H18O3/c1-3-15-10-6-4-5-8-12(2,9-7-10)11(13)14/h3-4,6,10H,1,5,7-9H2,2H3,(H,13,14)/b6-4+/t10-,12+/m1/s1/i3D. The average Bonchev–Trinajstić information content (AvgIpc) is 2.16. The third kappa shape index (κ3) is 3.11. The van der Waals surface area contributed by atoms with Crippen molar-refractivity contribution in [2.24, 2.45) is 5.41 Å². The Kier molecular flexibility index (Phi) is 3.43. The maximum atomic E-state index is 11.2. The number of ether oxygens (including phenoxy) is 1. The van der Waals surface area contributed by atoms with Crippen LogP contribution in [0.3, 0.4) is 0 Å². The van der Waals surface area contributed by atoms with Gasteiger partial charge in [-0.1, -0.05) is 12.7 Å². The molecule has 3 heteroatoms. The molecule has 0 amide bonds. The van der Waals surface area contributed by atoms with Crippen LogP contribution in [0.2, 0.25) is 0 Å². The third-order valence-electron chi connectivity index (χ3n) is 2.95. The number of aliphatic carboxylic acids is 1. The number of carboxylic acid groups (broad SMARTS) is 1. The lowest BCUT2D eigenvalue weighted by Gasteiger charge is -2.27. The van der Waals surface area contributed by atoms with Crippen LogP contribution in [0.25, 0.3) is 0 Å². The Labute approximate surface area is 91.8 Å². The largest absolute Gasteiger partial charge is 0.495 e. The van der Waals surface area contributed by atoms with Crippen molar-refractivity contribution in [3.8, 4) is 0 Å². The van der Waals surface area contributed by atoms with Gasteiger partial charge in [-0.25, -0.2) is 0 Å². The van der Waals surface area contributed by atoms with E-state index in [0.29, 0.717) is 19.3 Å². The van der Waals surface area contributed by atoms with Crippen LogP contribution >= 0.6 is 0 Å². The van der Waals surface area contributed by atoms with Gasteiger partial charge in [0.05, 0.1) is 11.7 Å². The average molecular weight is 211 g/mol. The molecule has 0 aromatic heterocycles. The van der Waals surface area contributed by atoms with Gasteiger partial charge in [0.2, 0.25) is 0 Å². The van der Waals surface area contributed by atoms with Crippen LogP contribution in [0.4, 0.5) is 0 Å². The van der Waals surface area contributed by atoms with Crippen molar-refractivity contribution in [3.63, 3.8) is 0 Å². The molecule has 0 spiro atoms. The molecule has 1 aliphatic carbocycles. The Morgan fingerprint density at radius 1 is 1.80 bits per heavy atom. The highest BCUT2D eigenvalue weighted by atomic mass is 16.5. The number of allylic oxidation sites excluding steroid dienone is 1. The zero-order valence-electron chi connectivity index (χ0n) is 10.0. The Hall–Kier alpha value is -1.25. The summed E-state index contributed by atoms with van der Waals surface area (Å²) in [6, 6.07) is 0. The van der Waals surface area contributed by atoms with Crippen LogP contribution in [0, 0.1) is 5.41 Å². The van der Waals surface area contributed by atoms with Crippen molar-refractivity contribution in [1.82, 2.24) is 0 Å². The summed E-state index contributed by atoms with van der Waals surface area (Å²) in [5, 5.41) is 9.16. The van der Waals surface area contributed by atoms with E-state index < -0.39 is 11.4 Å². The first-order valence-electron chi connectivity index (χ1n) is 5.66. The van der Waals surface area contributed by atoms with E-state index in [1.807, 2.05) is 12.2 Å². The van der Waals surface area contributed by atoms with E-state index in [1.54, 1.807) is 6.92 Å². The summed E-state index contributed by atoms with van der Waals surface area (Å²) < 4.78 is 12.3. The fraction of sp³-hybridized carbons (Fsp3) is 0.583. The molecule has 0 aliphatic heterocycles. The summed E-state index contributed by atoms with van der Waals surface area (Å²) in [4.78, 5) is 11.2. The van der Waals surface area contributed by atoms with E-state index in [9.17, 15) is 4.79 Å². The van der Waals surface area contributed by atoms with Gasteiger partial charge in [0, 0.05) is 0 Å². The fourth-order valence-electron chi connectivity index (χ4n) is 1.75. The van der Waals surface area contributed by atoms with Crippen LogP contribution in [0.1, 0.15) is 34.0 Å². The van der Waals surface area contributed by atoms with Crippen LogP contribution in [0.5, 0.6) is 0 Å². The predicted octanol–water partition coefficient (Wildman–Crippen LogP) is 2.74. The lowest BCUT2D eigenvalue weighted by Crippen LogP contribution is -2.29. The minimum absolute atomic E-state index is 0.0766. The molecular formula is C12H18O3. The van der Waals surface area contributed by atoms with Crippen LogP contribution in [-0.2, 0) is 9.53 Å². The number of hydrogen-bond donors (Lipinski definition) is 1. The van der Waals surface area contributed by atoms with Gasteiger partial charge >= 0.3 is 5.97 Å². The molecule has 0 saturated heterocycles. The van der Waals surface area contributed by atoms with Crippen LogP contribution in [0.15, 0.2) is 25.0 Å². The van der Waals surface area contributed by atoms with E-state index >= 15 is 0 Å². The van der Waals surface area contributed by atoms with E-state index in [2.05, 4.69) is 6.58 Å². The molecule has 84 valence electrons. The van der Waals surface area contributed by atoms with Crippen molar-refractivity contribution < 1.29 is 16.0 Å². The summed E-state index contributed by atoms with van der Waals surface area (Å²) >= 11 is 0. The Balaban J connectivity index is 2.67. The molecule has 1 N–H and O–H groups in total. The molecule has 15 heavy (non-hydrogen) atoms. The van der Waals surface area contributed by atoms with Gasteiger partial charge in [0.25, 0.3) is 0 Å². The summed E-state index contributed by atoms with van der Waals surface area (Å²) in [6.45, 7) is 5.13. The highest BCUT2D eigenvalue weighted by molar-refractivity contribution is 5.74. The monoisotopic (exact) mass is 211 g/mol. The van der Waals surface area contributed by atoms with Crippen molar-refractivity contribution in [3.05, 3.63) is 25.0 Å². The van der Waals surface area contributed by atoms with Gasteiger partial charge in [-0.15, -0.1) is 0 Å². The van der Waals surface area contributed by atoms with E-state index in [-0.39, 0.29) is 12.3 Å². The van der Waals surface area contributed by atoms with E-state index in [4.69, 9.17) is 11.2 Å². The molecule has 0 bridgehead atoms. The molecule has 0 heterocycles. The molecule has 0 radical (unpaired) electrons. The lowest BCUT2D eigenvalue weighted by molar-refractivity contribution is -0.149. The molecule has 0 saturated carbocycles. The second-order valence-electron chi connectivity index (χ2n) is 4.17.